The molecule has 0 bridgehead atoms. The van der Waals surface area contributed by atoms with Crippen molar-refractivity contribution in [3.8, 4) is 0 Å². The number of hydrogen-bond acceptors (Lipinski definition) is 6. The second-order valence-electron chi connectivity index (χ2n) is 8.51. The molecule has 3 aliphatic heterocycles. The number of nitrogens with zero attached hydrogens (tertiary/aromatic N) is 2. The number of anilines is 2. The number of imide groups is 1. The van der Waals surface area contributed by atoms with Gasteiger partial charge < -0.3 is 5.32 Å². The summed E-state index contributed by atoms with van der Waals surface area (Å²) in [5, 5.41) is 17.2. The molecule has 1 spiro atoms. The SMILES string of the molecule is CC(C)C1NC2(C(=O)Nc3ccccc32)C2C(=O)N(c3ccc([N+](=O)[O-])cc3)C(=O)C12. The Morgan fingerprint density at radius 3 is 2.35 bits per heavy atom. The van der Waals surface area contributed by atoms with Crippen molar-refractivity contribution in [2.24, 2.45) is 17.8 Å². The van der Waals surface area contributed by atoms with Gasteiger partial charge in [0.25, 0.3) is 5.69 Å². The predicted molar refractivity (Wildman–Crippen MR) is 111 cm³/mol. The van der Waals surface area contributed by atoms with Gasteiger partial charge in [-0.05, 0) is 24.1 Å². The molecular weight excluding hydrogens is 400 g/mol. The van der Waals surface area contributed by atoms with Crippen LogP contribution in [0.2, 0.25) is 0 Å². The molecule has 2 fully saturated rings. The molecule has 0 aliphatic carbocycles. The van der Waals surface area contributed by atoms with Gasteiger partial charge in [-0.1, -0.05) is 32.0 Å². The number of nitro groups is 1. The Kier molecular flexibility index (Phi) is 4.03. The van der Waals surface area contributed by atoms with E-state index in [2.05, 4.69) is 10.6 Å². The fourth-order valence-electron chi connectivity index (χ4n) is 5.24. The van der Waals surface area contributed by atoms with Gasteiger partial charge in [-0.3, -0.25) is 29.8 Å². The zero-order chi connectivity index (χ0) is 22.1. The topological polar surface area (TPSA) is 122 Å². The number of para-hydroxylation sites is 1. The Balaban J connectivity index is 1.64. The second kappa shape index (κ2) is 6.45. The van der Waals surface area contributed by atoms with E-state index in [0.29, 0.717) is 11.3 Å². The Morgan fingerprint density at radius 2 is 1.71 bits per heavy atom. The van der Waals surface area contributed by atoms with E-state index in [-0.39, 0.29) is 29.2 Å². The number of nitrogens with one attached hydrogen (secondary N) is 2. The summed E-state index contributed by atoms with van der Waals surface area (Å²) in [7, 11) is 0. The normalized spacial score (nSPS) is 28.9. The van der Waals surface area contributed by atoms with Gasteiger partial charge in [-0.25, -0.2) is 4.90 Å². The first-order chi connectivity index (χ1) is 14.8. The highest BCUT2D eigenvalue weighted by atomic mass is 16.6. The van der Waals surface area contributed by atoms with Crippen LogP contribution in [-0.2, 0) is 19.9 Å². The Labute approximate surface area is 177 Å². The van der Waals surface area contributed by atoms with Crippen LogP contribution in [-0.4, -0.2) is 28.7 Å². The van der Waals surface area contributed by atoms with Crippen LogP contribution in [0.25, 0.3) is 0 Å². The van der Waals surface area contributed by atoms with Crippen LogP contribution in [0.5, 0.6) is 0 Å². The highest BCUT2D eigenvalue weighted by molar-refractivity contribution is 6.25. The van der Waals surface area contributed by atoms with Gasteiger partial charge in [0.05, 0.1) is 22.4 Å². The summed E-state index contributed by atoms with van der Waals surface area (Å²) >= 11 is 0. The van der Waals surface area contributed by atoms with E-state index >= 15 is 0 Å². The van der Waals surface area contributed by atoms with E-state index in [1.165, 1.54) is 24.3 Å². The molecule has 4 atom stereocenters. The number of fused-ring (bicyclic) bond motifs is 4. The second-order valence-corrected chi connectivity index (χ2v) is 8.51. The molecule has 2 N–H and O–H groups in total. The number of hydrogen-bond donors (Lipinski definition) is 2. The summed E-state index contributed by atoms with van der Waals surface area (Å²) in [6.07, 6.45) is 0. The lowest BCUT2D eigenvalue weighted by Crippen LogP contribution is -2.54. The van der Waals surface area contributed by atoms with Crippen LogP contribution in [0.3, 0.4) is 0 Å². The van der Waals surface area contributed by atoms with E-state index in [0.717, 1.165) is 4.90 Å². The fraction of sp³-hybridized carbons (Fsp3) is 0.318. The molecule has 4 unspecified atom stereocenters. The maximum absolute atomic E-state index is 13.7. The summed E-state index contributed by atoms with van der Waals surface area (Å²) in [5.74, 6) is -2.87. The molecular formula is C22H20N4O5. The zero-order valence-electron chi connectivity index (χ0n) is 16.9. The minimum Gasteiger partial charge on any atom is -0.324 e. The van der Waals surface area contributed by atoms with Crippen LogP contribution in [0.15, 0.2) is 48.5 Å². The van der Waals surface area contributed by atoms with Gasteiger partial charge in [-0.15, -0.1) is 0 Å². The Hall–Kier alpha value is -3.59. The van der Waals surface area contributed by atoms with Crippen molar-refractivity contribution in [3.63, 3.8) is 0 Å². The molecule has 2 aromatic carbocycles. The molecule has 2 aromatic rings. The van der Waals surface area contributed by atoms with E-state index in [4.69, 9.17) is 0 Å². The summed E-state index contributed by atoms with van der Waals surface area (Å²) in [4.78, 5) is 51.9. The Bertz CT molecular complexity index is 1140. The summed E-state index contributed by atoms with van der Waals surface area (Å²) in [6.45, 7) is 3.89. The predicted octanol–water partition coefficient (Wildman–Crippen LogP) is 2.18. The number of non-ortho nitro benzene ring substituents is 1. The van der Waals surface area contributed by atoms with Crippen molar-refractivity contribution < 1.29 is 19.3 Å². The molecule has 3 aliphatic rings. The lowest BCUT2D eigenvalue weighted by atomic mass is 9.76. The molecule has 5 rings (SSSR count). The molecule has 0 saturated carbocycles. The lowest BCUT2D eigenvalue weighted by Gasteiger charge is -2.30. The number of carbonyl (C=O) groups is 3. The third-order valence-corrected chi connectivity index (χ3v) is 6.59. The number of benzene rings is 2. The molecule has 0 aromatic heterocycles. The maximum atomic E-state index is 13.7. The molecule has 3 heterocycles. The third kappa shape index (κ3) is 2.43. The van der Waals surface area contributed by atoms with Gasteiger partial charge in [-0.2, -0.15) is 0 Å². The Morgan fingerprint density at radius 1 is 1.03 bits per heavy atom. The van der Waals surface area contributed by atoms with Crippen molar-refractivity contribution in [1.82, 2.24) is 5.32 Å². The van der Waals surface area contributed by atoms with Crippen LogP contribution in [0.4, 0.5) is 17.1 Å². The standard InChI is InChI=1S/C22H20N4O5/c1-11(2)18-16-17(22(24-18)14-5-3-4-6-15(14)23-21(22)29)20(28)25(19(16)27)12-7-9-13(10-8-12)26(30)31/h3-11,16-18,24H,1-2H3,(H,23,29). The number of carbonyl (C=O) groups excluding carboxylic acids is 3. The van der Waals surface area contributed by atoms with Gasteiger partial charge in [0, 0.05) is 29.4 Å². The number of rotatable bonds is 3. The number of nitro benzene ring substituents is 1. The quantitative estimate of drug-likeness (QED) is 0.446. The summed E-state index contributed by atoms with van der Waals surface area (Å²) < 4.78 is 0. The smallest absolute Gasteiger partial charge is 0.269 e. The minimum absolute atomic E-state index is 0.0130. The first-order valence-electron chi connectivity index (χ1n) is 10.1. The number of amides is 3. The summed E-state index contributed by atoms with van der Waals surface area (Å²) in [5.41, 5.74) is 0.0741. The van der Waals surface area contributed by atoms with Gasteiger partial charge in [0.15, 0.2) is 0 Å². The van der Waals surface area contributed by atoms with Gasteiger partial charge in [0.1, 0.15) is 5.54 Å². The van der Waals surface area contributed by atoms with Crippen LogP contribution >= 0.6 is 0 Å². The first-order valence-corrected chi connectivity index (χ1v) is 10.1. The molecule has 9 nitrogen and oxygen atoms in total. The van der Waals surface area contributed by atoms with Crippen molar-refractivity contribution in [2.75, 3.05) is 10.2 Å². The van der Waals surface area contributed by atoms with E-state index < -0.39 is 34.1 Å². The minimum atomic E-state index is -1.33. The van der Waals surface area contributed by atoms with Gasteiger partial charge >= 0.3 is 0 Å². The molecule has 31 heavy (non-hydrogen) atoms. The average molecular weight is 420 g/mol. The zero-order valence-corrected chi connectivity index (χ0v) is 16.9. The maximum Gasteiger partial charge on any atom is 0.269 e. The largest absolute Gasteiger partial charge is 0.324 e. The van der Waals surface area contributed by atoms with E-state index in [1.54, 1.807) is 24.3 Å². The molecule has 3 amide bonds. The van der Waals surface area contributed by atoms with Crippen molar-refractivity contribution >= 4 is 34.8 Å². The molecule has 9 heteroatoms. The highest BCUT2D eigenvalue weighted by Crippen LogP contribution is 2.54. The van der Waals surface area contributed by atoms with Crippen molar-refractivity contribution in [3.05, 3.63) is 64.2 Å². The monoisotopic (exact) mass is 420 g/mol. The van der Waals surface area contributed by atoms with Crippen LogP contribution in [0, 0.1) is 27.9 Å². The first kappa shape index (κ1) is 19.4. The third-order valence-electron chi connectivity index (χ3n) is 6.59. The highest BCUT2D eigenvalue weighted by Gasteiger charge is 2.70. The molecule has 2 saturated heterocycles. The van der Waals surface area contributed by atoms with Gasteiger partial charge in [0.2, 0.25) is 17.7 Å². The van der Waals surface area contributed by atoms with Crippen LogP contribution < -0.4 is 15.5 Å². The average Bonchev–Trinajstić information content (AvgIpc) is 3.33. The van der Waals surface area contributed by atoms with Crippen LogP contribution in [0.1, 0.15) is 19.4 Å². The van der Waals surface area contributed by atoms with E-state index in [1.807, 2.05) is 13.8 Å². The fourth-order valence-corrected chi connectivity index (χ4v) is 5.24. The summed E-state index contributed by atoms with van der Waals surface area (Å²) in [6, 6.07) is 12.1. The van der Waals surface area contributed by atoms with Crippen molar-refractivity contribution in [1.29, 1.82) is 0 Å². The van der Waals surface area contributed by atoms with E-state index in [9.17, 15) is 24.5 Å². The molecule has 0 radical (unpaired) electrons. The lowest BCUT2D eigenvalue weighted by molar-refractivity contribution is -0.384. The van der Waals surface area contributed by atoms with Crippen molar-refractivity contribution in [2.45, 2.75) is 25.4 Å². The molecule has 158 valence electrons.